The Labute approximate surface area is 98.9 Å². The Morgan fingerprint density at radius 2 is 2.06 bits per heavy atom. The second-order valence-corrected chi connectivity index (χ2v) is 3.86. The largest absolute Gasteiger partial charge is 0.496 e. The van der Waals surface area contributed by atoms with Crippen LogP contribution in [0, 0.1) is 0 Å². The van der Waals surface area contributed by atoms with Gasteiger partial charge in [0.15, 0.2) is 0 Å². The van der Waals surface area contributed by atoms with E-state index in [-0.39, 0.29) is 0 Å². The molecule has 0 bridgehead atoms. The highest BCUT2D eigenvalue weighted by Crippen LogP contribution is 2.42. The Hall–Kier alpha value is -1.88. The molecule has 1 aromatic carbocycles. The van der Waals surface area contributed by atoms with E-state index < -0.39 is 0 Å². The second-order valence-electron chi connectivity index (χ2n) is 3.86. The first-order chi connectivity index (χ1) is 8.33. The Balaban J connectivity index is 2.18. The number of hydroxylamine groups is 1. The summed E-state index contributed by atoms with van der Waals surface area (Å²) in [6.45, 7) is 1.08. The average molecular weight is 235 g/mol. The minimum Gasteiger partial charge on any atom is -0.496 e. The normalized spacial score (nSPS) is 16.8. The van der Waals surface area contributed by atoms with Crippen molar-refractivity contribution in [2.75, 3.05) is 27.4 Å². The number of fused-ring (bicyclic) bond motifs is 2. The van der Waals surface area contributed by atoms with Crippen LogP contribution in [0.25, 0.3) is 5.70 Å². The summed E-state index contributed by atoms with van der Waals surface area (Å²) in [5, 5.41) is 0. The topological polar surface area (TPSA) is 49.0 Å². The van der Waals surface area contributed by atoms with Gasteiger partial charge in [0.1, 0.15) is 30.5 Å². The number of ether oxygens (including phenoxy) is 3. The van der Waals surface area contributed by atoms with Gasteiger partial charge in [0.2, 0.25) is 0 Å². The molecule has 17 heavy (non-hydrogen) atoms. The molecule has 0 unspecified atom stereocenters. The van der Waals surface area contributed by atoms with E-state index in [4.69, 9.17) is 19.0 Å². The van der Waals surface area contributed by atoms with E-state index in [1.165, 1.54) is 0 Å². The van der Waals surface area contributed by atoms with Crippen molar-refractivity contribution in [3.05, 3.63) is 23.3 Å². The number of hydrogen-bond acceptors (Lipinski definition) is 5. The van der Waals surface area contributed by atoms with Crippen molar-refractivity contribution < 1.29 is 19.0 Å². The zero-order valence-electron chi connectivity index (χ0n) is 9.70. The maximum atomic E-state index is 5.68. The summed E-state index contributed by atoms with van der Waals surface area (Å²) in [7, 11) is 3.24. The van der Waals surface area contributed by atoms with E-state index in [0.717, 1.165) is 22.6 Å². The highest BCUT2D eigenvalue weighted by molar-refractivity contribution is 5.79. The Morgan fingerprint density at radius 3 is 2.82 bits per heavy atom. The smallest absolute Gasteiger partial charge is 0.136 e. The fourth-order valence-corrected chi connectivity index (χ4v) is 2.05. The number of benzene rings is 1. The number of rotatable bonds is 2. The third kappa shape index (κ3) is 1.51. The van der Waals surface area contributed by atoms with Crippen molar-refractivity contribution >= 4 is 5.70 Å². The van der Waals surface area contributed by atoms with Crippen LogP contribution in [-0.2, 0) is 4.84 Å². The lowest BCUT2D eigenvalue weighted by Crippen LogP contribution is -2.14. The molecule has 1 N–H and O–H groups in total. The quantitative estimate of drug-likeness (QED) is 0.838. The molecule has 2 heterocycles. The lowest BCUT2D eigenvalue weighted by Gasteiger charge is -2.21. The maximum Gasteiger partial charge on any atom is 0.136 e. The molecular formula is C12H13NO4. The summed E-state index contributed by atoms with van der Waals surface area (Å²) >= 11 is 0. The Morgan fingerprint density at radius 1 is 1.18 bits per heavy atom. The van der Waals surface area contributed by atoms with E-state index in [0.29, 0.717) is 24.7 Å². The average Bonchev–Trinajstić information content (AvgIpc) is 2.85. The minimum atomic E-state index is 0.533. The van der Waals surface area contributed by atoms with Gasteiger partial charge in [0.05, 0.1) is 25.5 Å². The number of methoxy groups -OCH3 is 2. The fraction of sp³-hybridized carbons (Fsp3) is 0.333. The van der Waals surface area contributed by atoms with E-state index in [1.54, 1.807) is 14.2 Å². The van der Waals surface area contributed by atoms with Gasteiger partial charge >= 0.3 is 0 Å². The number of hydrogen-bond donors (Lipinski definition) is 1. The fourth-order valence-electron chi connectivity index (χ4n) is 2.05. The number of nitrogens with one attached hydrogen (secondary N) is 1. The van der Waals surface area contributed by atoms with E-state index in [1.807, 2.05) is 12.1 Å². The summed E-state index contributed by atoms with van der Waals surface area (Å²) in [6, 6.07) is 3.68. The summed E-state index contributed by atoms with van der Waals surface area (Å²) < 4.78 is 16.3. The van der Waals surface area contributed by atoms with Gasteiger partial charge in [0.25, 0.3) is 0 Å². The molecule has 5 heteroatoms. The van der Waals surface area contributed by atoms with E-state index in [9.17, 15) is 0 Å². The molecule has 90 valence electrons. The summed E-state index contributed by atoms with van der Waals surface area (Å²) in [5.74, 6) is 2.17. The molecule has 3 rings (SSSR count). The van der Waals surface area contributed by atoms with Crippen molar-refractivity contribution in [3.63, 3.8) is 0 Å². The van der Waals surface area contributed by atoms with Crippen molar-refractivity contribution in [1.82, 2.24) is 5.48 Å². The molecule has 1 aromatic rings. The third-order valence-corrected chi connectivity index (χ3v) is 2.92. The van der Waals surface area contributed by atoms with Crippen LogP contribution in [0.1, 0.15) is 5.56 Å². The minimum absolute atomic E-state index is 0.533. The van der Waals surface area contributed by atoms with Gasteiger partial charge in [-0.15, -0.1) is 0 Å². The maximum absolute atomic E-state index is 5.68. The van der Waals surface area contributed by atoms with Gasteiger partial charge in [-0.05, 0) is 0 Å². The summed E-state index contributed by atoms with van der Waals surface area (Å²) in [4.78, 5) is 5.21. The van der Waals surface area contributed by atoms with Crippen molar-refractivity contribution in [2.45, 2.75) is 0 Å². The van der Waals surface area contributed by atoms with Gasteiger partial charge in [-0.3, -0.25) is 10.3 Å². The molecular weight excluding hydrogens is 222 g/mol. The molecule has 0 aromatic heterocycles. The SMILES string of the molecule is COc1cc(OC)c2c(c1)OCC1=C2NOC1. The van der Waals surface area contributed by atoms with Crippen LogP contribution >= 0.6 is 0 Å². The molecule has 2 aliphatic heterocycles. The molecule has 0 saturated carbocycles. The first kappa shape index (κ1) is 10.3. The summed E-state index contributed by atoms with van der Waals surface area (Å²) in [6.07, 6.45) is 0. The lowest BCUT2D eigenvalue weighted by atomic mass is 10.0. The molecule has 0 spiro atoms. The molecule has 0 radical (unpaired) electrons. The van der Waals surface area contributed by atoms with Gasteiger partial charge < -0.3 is 14.2 Å². The molecule has 5 nitrogen and oxygen atoms in total. The van der Waals surface area contributed by atoms with Crippen LogP contribution < -0.4 is 19.7 Å². The molecule has 0 saturated heterocycles. The Kier molecular flexibility index (Phi) is 2.33. The van der Waals surface area contributed by atoms with Gasteiger partial charge in [0, 0.05) is 17.7 Å². The van der Waals surface area contributed by atoms with Gasteiger partial charge in [-0.1, -0.05) is 0 Å². The second kappa shape index (κ2) is 3.85. The predicted octanol–water partition coefficient (Wildman–Crippen LogP) is 1.34. The van der Waals surface area contributed by atoms with E-state index >= 15 is 0 Å². The van der Waals surface area contributed by atoms with Crippen LogP contribution in [0.4, 0.5) is 0 Å². The van der Waals surface area contributed by atoms with Crippen LogP contribution in [0.15, 0.2) is 17.7 Å². The van der Waals surface area contributed by atoms with E-state index in [2.05, 4.69) is 5.48 Å². The third-order valence-electron chi connectivity index (χ3n) is 2.92. The van der Waals surface area contributed by atoms with Crippen LogP contribution in [0.2, 0.25) is 0 Å². The predicted molar refractivity (Wildman–Crippen MR) is 61.0 cm³/mol. The van der Waals surface area contributed by atoms with Crippen molar-refractivity contribution in [3.8, 4) is 17.2 Å². The highest BCUT2D eigenvalue weighted by atomic mass is 16.7. The van der Waals surface area contributed by atoms with Crippen LogP contribution in [-0.4, -0.2) is 27.4 Å². The van der Waals surface area contributed by atoms with Crippen molar-refractivity contribution in [1.29, 1.82) is 0 Å². The zero-order chi connectivity index (χ0) is 11.8. The van der Waals surface area contributed by atoms with Gasteiger partial charge in [-0.2, -0.15) is 0 Å². The van der Waals surface area contributed by atoms with Crippen molar-refractivity contribution in [2.24, 2.45) is 0 Å². The molecule has 0 aliphatic carbocycles. The standard InChI is InChI=1S/C12H13NO4/c1-14-8-3-9(15-2)11-10(4-8)16-5-7-6-17-13-12(7)11/h3-4,13H,5-6H2,1-2H3. The van der Waals surface area contributed by atoms with Gasteiger partial charge in [-0.25, -0.2) is 0 Å². The molecule has 0 amide bonds. The van der Waals surface area contributed by atoms with Crippen LogP contribution in [0.5, 0.6) is 17.2 Å². The first-order valence-corrected chi connectivity index (χ1v) is 5.32. The lowest BCUT2D eigenvalue weighted by molar-refractivity contribution is 0.116. The van der Waals surface area contributed by atoms with Crippen LogP contribution in [0.3, 0.4) is 0 Å². The molecule has 0 atom stereocenters. The zero-order valence-corrected chi connectivity index (χ0v) is 9.70. The highest BCUT2D eigenvalue weighted by Gasteiger charge is 2.28. The molecule has 2 aliphatic rings. The first-order valence-electron chi connectivity index (χ1n) is 5.32. The molecule has 0 fully saturated rings. The summed E-state index contributed by atoms with van der Waals surface area (Å²) in [5.41, 5.74) is 5.85. The monoisotopic (exact) mass is 235 g/mol. The Bertz CT molecular complexity index is 496.